The molecule has 4 nitrogen and oxygen atoms in total. The van der Waals surface area contributed by atoms with Crippen molar-refractivity contribution in [2.75, 3.05) is 0 Å². The van der Waals surface area contributed by atoms with Crippen molar-refractivity contribution in [3.8, 4) is 66.2 Å². The zero-order valence-electron chi connectivity index (χ0n) is 28.3. The van der Waals surface area contributed by atoms with Gasteiger partial charge in [-0.2, -0.15) is 0 Å². The fourth-order valence-electron chi connectivity index (χ4n) is 6.52. The number of carboxylic acids is 2. The quantitative estimate of drug-likeness (QED) is 0.143. The first-order valence-electron chi connectivity index (χ1n) is 16.8. The molecule has 0 bridgehead atoms. The minimum Gasteiger partial charge on any atom is -0.544 e. The van der Waals surface area contributed by atoms with Crippen LogP contribution in [-0.4, -0.2) is 11.9 Å². The fourth-order valence-corrected chi connectivity index (χ4v) is 9.43. The van der Waals surface area contributed by atoms with Gasteiger partial charge in [-0.1, -0.05) is 182 Å². The number of hydrogen-bond acceptors (Lipinski definition) is 4. The van der Waals surface area contributed by atoms with E-state index < -0.39 is 11.9 Å². The van der Waals surface area contributed by atoms with E-state index >= 15 is 0 Å². The molecule has 0 radical (unpaired) electrons. The third-order valence-electron chi connectivity index (χ3n) is 8.78. The van der Waals surface area contributed by atoms with Crippen molar-refractivity contribution in [2.24, 2.45) is 0 Å². The Balaban J connectivity index is 0.000000178. The van der Waals surface area contributed by atoms with Gasteiger partial charge in [0.25, 0.3) is 0 Å². The Bertz CT molecular complexity index is 2250. The van der Waals surface area contributed by atoms with Crippen LogP contribution in [0.2, 0.25) is 0 Å². The molecule has 8 aromatic rings. The molecule has 7 heteroatoms. The van der Waals surface area contributed by atoms with Crippen LogP contribution in [0.3, 0.4) is 0 Å². The third kappa shape index (κ3) is 8.11. The summed E-state index contributed by atoms with van der Waals surface area (Å²) >= 11 is 0. The summed E-state index contributed by atoms with van der Waals surface area (Å²) in [5, 5.41) is 26.7. The van der Waals surface area contributed by atoms with E-state index in [9.17, 15) is 19.8 Å². The molecular formula is C46H32O4P2Pd. The molecule has 2 heterocycles. The molecule has 2 atom stereocenters. The van der Waals surface area contributed by atoms with Crippen LogP contribution in [0.15, 0.2) is 182 Å². The third-order valence-corrected chi connectivity index (χ3v) is 11.8. The Hall–Kier alpha value is -5.52. The molecule has 0 aliphatic heterocycles. The predicted octanol–water partition coefficient (Wildman–Crippen LogP) is 10.2. The van der Waals surface area contributed by atoms with Gasteiger partial charge in [0.2, 0.25) is 0 Å². The topological polar surface area (TPSA) is 80.3 Å². The van der Waals surface area contributed by atoms with Crippen molar-refractivity contribution in [1.29, 1.82) is 0 Å². The van der Waals surface area contributed by atoms with Gasteiger partial charge in [0, 0.05) is 43.4 Å². The van der Waals surface area contributed by atoms with Crippen molar-refractivity contribution in [3.05, 3.63) is 193 Å². The molecule has 0 aliphatic rings. The minimum absolute atomic E-state index is 0. The molecule has 53 heavy (non-hydrogen) atoms. The van der Waals surface area contributed by atoms with Crippen LogP contribution in [0, 0.1) is 0 Å². The van der Waals surface area contributed by atoms with Crippen molar-refractivity contribution in [2.45, 2.75) is 0 Å². The van der Waals surface area contributed by atoms with Crippen LogP contribution >= 0.6 is 16.4 Å². The van der Waals surface area contributed by atoms with Gasteiger partial charge in [0.1, 0.15) is 0 Å². The van der Waals surface area contributed by atoms with E-state index in [1.807, 2.05) is 182 Å². The summed E-state index contributed by atoms with van der Waals surface area (Å²) in [6.07, 6.45) is 0. The zero-order chi connectivity index (χ0) is 35.9. The summed E-state index contributed by atoms with van der Waals surface area (Å²) in [5.74, 6) is -2.19. The van der Waals surface area contributed by atoms with Gasteiger partial charge < -0.3 is 19.8 Å². The first kappa shape index (κ1) is 37.2. The second-order valence-electron chi connectivity index (χ2n) is 12.0. The van der Waals surface area contributed by atoms with Crippen LogP contribution in [0.5, 0.6) is 0 Å². The average molecular weight is 817 g/mol. The van der Waals surface area contributed by atoms with Gasteiger partial charge in [-0.3, -0.25) is 0 Å². The monoisotopic (exact) mass is 816 g/mol. The van der Waals surface area contributed by atoms with E-state index in [-0.39, 0.29) is 36.8 Å². The maximum Gasteiger partial charge on any atom is 2.00 e. The molecule has 0 N–H and O–H groups in total. The zero-order valence-corrected chi connectivity index (χ0v) is 31.8. The molecule has 0 saturated heterocycles. The first-order chi connectivity index (χ1) is 25.5. The van der Waals surface area contributed by atoms with Gasteiger partial charge >= 0.3 is 20.4 Å². The summed E-state index contributed by atoms with van der Waals surface area (Å²) in [5.41, 5.74) is 9.48. The van der Waals surface area contributed by atoms with Gasteiger partial charge in [-0.25, -0.2) is 0 Å². The molecule has 0 fully saturated rings. The average Bonchev–Trinajstić information content (AvgIpc) is 3.82. The van der Waals surface area contributed by atoms with E-state index in [1.54, 1.807) is 0 Å². The molecule has 0 spiro atoms. The van der Waals surface area contributed by atoms with Crippen LogP contribution in [0.1, 0.15) is 20.2 Å². The fraction of sp³-hybridized carbons (Fsp3) is 0. The first-order valence-corrected chi connectivity index (χ1v) is 18.8. The summed E-state index contributed by atoms with van der Waals surface area (Å²) in [6, 6.07) is 59.4. The number of carbonyl (C=O) groups excluding carboxylic acids is 2. The number of benzene rings is 6. The Kier molecular flexibility index (Phi) is 12.2. The second kappa shape index (κ2) is 17.3. The normalized spacial score (nSPS) is 10.7. The van der Waals surface area contributed by atoms with E-state index in [4.69, 9.17) is 0 Å². The maximum absolute atomic E-state index is 12.0. The molecular weight excluding hydrogens is 785 g/mol. The number of rotatable bonds is 8. The Morgan fingerprint density at radius 2 is 0.528 bits per heavy atom. The standard InChI is InChI=1S/2C23H17O2P.Pd/c2*24-23(25)22-20(17-12-6-2-7-13-17)19(16-10-4-1-5-11-16)21(26-22)18-14-8-3-9-15-18;/h2*1-15,26H,(H,24,25);/q;;+2/p-2. The van der Waals surface area contributed by atoms with Crippen LogP contribution in [0.25, 0.3) is 66.2 Å². The molecule has 2 aromatic heterocycles. The molecule has 0 aliphatic carbocycles. The molecule has 260 valence electrons. The van der Waals surface area contributed by atoms with Gasteiger partial charge in [-0.05, 0) is 33.4 Å². The Morgan fingerprint density at radius 1 is 0.321 bits per heavy atom. The number of hydrogen-bond donors (Lipinski definition) is 0. The summed E-state index contributed by atoms with van der Waals surface area (Å²) < 4.78 is 0. The van der Waals surface area contributed by atoms with E-state index in [0.29, 0.717) is 10.6 Å². The maximum atomic E-state index is 12.0. The van der Waals surface area contributed by atoms with Crippen molar-refractivity contribution >= 4 is 28.3 Å². The Labute approximate surface area is 325 Å². The van der Waals surface area contributed by atoms with Crippen LogP contribution < -0.4 is 10.2 Å². The van der Waals surface area contributed by atoms with Crippen molar-refractivity contribution in [3.63, 3.8) is 0 Å². The summed E-state index contributed by atoms with van der Waals surface area (Å²) in [7, 11) is 0.115. The van der Waals surface area contributed by atoms with E-state index in [1.165, 1.54) is 0 Å². The molecule has 8 rings (SSSR count). The van der Waals surface area contributed by atoms with E-state index in [0.717, 1.165) is 66.2 Å². The largest absolute Gasteiger partial charge is 2.00 e. The molecule has 6 aromatic carbocycles. The number of aromatic carboxylic acids is 2. The van der Waals surface area contributed by atoms with Gasteiger partial charge in [-0.15, -0.1) is 16.4 Å². The van der Waals surface area contributed by atoms with Crippen LogP contribution in [-0.2, 0) is 20.4 Å². The molecule has 2 unspecified atom stereocenters. The predicted molar refractivity (Wildman–Crippen MR) is 213 cm³/mol. The Morgan fingerprint density at radius 3 is 0.755 bits per heavy atom. The smallest absolute Gasteiger partial charge is 0.544 e. The molecule has 0 saturated carbocycles. The number of carbonyl (C=O) groups is 2. The summed E-state index contributed by atoms with van der Waals surface area (Å²) in [4.78, 5) is 23.9. The van der Waals surface area contributed by atoms with Crippen molar-refractivity contribution in [1.82, 2.24) is 0 Å². The molecule has 0 amide bonds. The van der Waals surface area contributed by atoms with Crippen molar-refractivity contribution < 1.29 is 40.2 Å². The number of carboxylic acid groups (broad SMARTS) is 2. The van der Waals surface area contributed by atoms with E-state index in [2.05, 4.69) is 0 Å². The van der Waals surface area contributed by atoms with Crippen LogP contribution in [0.4, 0.5) is 0 Å². The minimum atomic E-state index is -1.10. The van der Waals surface area contributed by atoms with Gasteiger partial charge in [0.05, 0.1) is 11.9 Å². The SMILES string of the molecule is O=C([O-])c1[pH]c(-c2ccccc2)c(-c2ccccc2)c1-c1ccccc1.O=C([O-])c1[pH]c(-c2ccccc2)c(-c2ccccc2)c1-c1ccccc1.[Pd+2]. The summed E-state index contributed by atoms with van der Waals surface area (Å²) in [6.45, 7) is 0. The second-order valence-corrected chi connectivity index (χ2v) is 14.5. The van der Waals surface area contributed by atoms with Gasteiger partial charge in [0.15, 0.2) is 0 Å².